The molecule has 0 aliphatic heterocycles. The standard InChI is InChI=1S/C18H18N2O2/c1-13-8-10-16(12-17(13)19-14(2)21)20-18(22)11-9-15-6-4-3-5-7-15/h3-12H,1-2H3,(H,19,21)(H,20,22)/b11-9+. The molecule has 0 saturated carbocycles. The van der Waals surface area contributed by atoms with Crippen molar-refractivity contribution in [3.63, 3.8) is 0 Å². The van der Waals surface area contributed by atoms with Crippen molar-refractivity contribution in [1.29, 1.82) is 0 Å². The molecule has 112 valence electrons. The van der Waals surface area contributed by atoms with E-state index in [1.54, 1.807) is 18.2 Å². The number of rotatable bonds is 4. The van der Waals surface area contributed by atoms with Gasteiger partial charge in [-0.05, 0) is 36.3 Å². The minimum atomic E-state index is -0.221. The molecule has 0 heterocycles. The van der Waals surface area contributed by atoms with Crippen LogP contribution in [-0.4, -0.2) is 11.8 Å². The summed E-state index contributed by atoms with van der Waals surface area (Å²) in [7, 11) is 0. The summed E-state index contributed by atoms with van der Waals surface area (Å²) >= 11 is 0. The molecule has 2 aromatic carbocycles. The van der Waals surface area contributed by atoms with E-state index in [-0.39, 0.29) is 11.8 Å². The van der Waals surface area contributed by atoms with E-state index in [0.717, 1.165) is 11.1 Å². The van der Waals surface area contributed by atoms with Gasteiger partial charge in [-0.2, -0.15) is 0 Å². The van der Waals surface area contributed by atoms with E-state index < -0.39 is 0 Å². The fraction of sp³-hybridized carbons (Fsp3) is 0.111. The van der Waals surface area contributed by atoms with Crippen molar-refractivity contribution in [2.24, 2.45) is 0 Å². The number of aryl methyl sites for hydroxylation is 1. The molecule has 22 heavy (non-hydrogen) atoms. The number of hydrogen-bond acceptors (Lipinski definition) is 2. The molecule has 0 spiro atoms. The van der Waals surface area contributed by atoms with Crippen LogP contribution in [0.5, 0.6) is 0 Å². The third kappa shape index (κ3) is 4.59. The topological polar surface area (TPSA) is 58.2 Å². The van der Waals surface area contributed by atoms with Gasteiger partial charge in [0, 0.05) is 24.4 Å². The molecule has 4 heteroatoms. The van der Waals surface area contributed by atoms with Crippen molar-refractivity contribution in [1.82, 2.24) is 0 Å². The van der Waals surface area contributed by atoms with Gasteiger partial charge in [-0.3, -0.25) is 9.59 Å². The van der Waals surface area contributed by atoms with Gasteiger partial charge in [0.05, 0.1) is 0 Å². The van der Waals surface area contributed by atoms with Crippen LogP contribution < -0.4 is 10.6 Å². The zero-order valence-electron chi connectivity index (χ0n) is 12.6. The van der Waals surface area contributed by atoms with Crippen LogP contribution in [0.15, 0.2) is 54.6 Å². The summed E-state index contributed by atoms with van der Waals surface area (Å²) in [5.41, 5.74) is 3.22. The van der Waals surface area contributed by atoms with Gasteiger partial charge < -0.3 is 10.6 Å². The Bertz CT molecular complexity index is 706. The molecule has 0 bridgehead atoms. The first-order valence-electron chi connectivity index (χ1n) is 6.97. The third-order valence-electron chi connectivity index (χ3n) is 3.04. The fourth-order valence-corrected chi connectivity index (χ4v) is 1.94. The smallest absolute Gasteiger partial charge is 0.248 e. The maximum absolute atomic E-state index is 11.9. The van der Waals surface area contributed by atoms with Crippen molar-refractivity contribution in [2.45, 2.75) is 13.8 Å². The maximum Gasteiger partial charge on any atom is 0.248 e. The summed E-state index contributed by atoms with van der Waals surface area (Å²) in [5, 5.41) is 5.51. The van der Waals surface area contributed by atoms with Crippen LogP contribution in [-0.2, 0) is 9.59 Å². The Hall–Kier alpha value is -2.88. The Morgan fingerprint density at radius 3 is 2.41 bits per heavy atom. The van der Waals surface area contributed by atoms with Crippen LogP contribution in [0.2, 0.25) is 0 Å². The highest BCUT2D eigenvalue weighted by atomic mass is 16.2. The predicted octanol–water partition coefficient (Wildman–Crippen LogP) is 3.61. The minimum absolute atomic E-state index is 0.143. The van der Waals surface area contributed by atoms with Gasteiger partial charge in [0.15, 0.2) is 0 Å². The van der Waals surface area contributed by atoms with Gasteiger partial charge in [-0.1, -0.05) is 36.4 Å². The van der Waals surface area contributed by atoms with E-state index in [0.29, 0.717) is 11.4 Å². The Kier molecular flexibility index (Phi) is 5.09. The van der Waals surface area contributed by atoms with Gasteiger partial charge in [0.25, 0.3) is 0 Å². The molecular weight excluding hydrogens is 276 g/mol. The molecule has 0 radical (unpaired) electrons. The van der Waals surface area contributed by atoms with Crippen molar-refractivity contribution >= 4 is 29.3 Å². The first kappa shape index (κ1) is 15.5. The van der Waals surface area contributed by atoms with Gasteiger partial charge >= 0.3 is 0 Å². The van der Waals surface area contributed by atoms with Crippen molar-refractivity contribution < 1.29 is 9.59 Å². The van der Waals surface area contributed by atoms with Crippen LogP contribution in [0.4, 0.5) is 11.4 Å². The molecule has 0 fully saturated rings. The number of anilines is 2. The van der Waals surface area contributed by atoms with Gasteiger partial charge in [0.1, 0.15) is 0 Å². The van der Waals surface area contributed by atoms with Crippen LogP contribution in [0.25, 0.3) is 6.08 Å². The monoisotopic (exact) mass is 294 g/mol. The van der Waals surface area contributed by atoms with Crippen LogP contribution in [0.3, 0.4) is 0 Å². The number of carbonyl (C=O) groups is 2. The highest BCUT2D eigenvalue weighted by Crippen LogP contribution is 2.20. The Balaban J connectivity index is 2.05. The van der Waals surface area contributed by atoms with Gasteiger partial charge in [-0.25, -0.2) is 0 Å². The lowest BCUT2D eigenvalue weighted by molar-refractivity contribution is -0.114. The normalized spacial score (nSPS) is 10.5. The zero-order chi connectivity index (χ0) is 15.9. The van der Waals surface area contributed by atoms with E-state index in [9.17, 15) is 9.59 Å². The van der Waals surface area contributed by atoms with Crippen LogP contribution >= 0.6 is 0 Å². The molecule has 2 N–H and O–H groups in total. The van der Waals surface area contributed by atoms with Gasteiger partial charge in [-0.15, -0.1) is 0 Å². The van der Waals surface area contributed by atoms with E-state index >= 15 is 0 Å². The van der Waals surface area contributed by atoms with Crippen LogP contribution in [0, 0.1) is 6.92 Å². The minimum Gasteiger partial charge on any atom is -0.326 e. The number of nitrogens with one attached hydrogen (secondary N) is 2. The van der Waals surface area contributed by atoms with E-state index in [1.165, 1.54) is 13.0 Å². The lowest BCUT2D eigenvalue weighted by Crippen LogP contribution is -2.10. The summed E-state index contributed by atoms with van der Waals surface area (Å²) in [6, 6.07) is 15.0. The third-order valence-corrected chi connectivity index (χ3v) is 3.04. The average molecular weight is 294 g/mol. The first-order valence-corrected chi connectivity index (χ1v) is 6.97. The molecule has 2 rings (SSSR count). The molecule has 0 atom stereocenters. The Morgan fingerprint density at radius 1 is 1.00 bits per heavy atom. The largest absolute Gasteiger partial charge is 0.326 e. The molecule has 0 aliphatic carbocycles. The van der Waals surface area contributed by atoms with E-state index in [4.69, 9.17) is 0 Å². The second-order valence-corrected chi connectivity index (χ2v) is 4.94. The Morgan fingerprint density at radius 2 is 1.73 bits per heavy atom. The van der Waals surface area contributed by atoms with Gasteiger partial charge in [0.2, 0.25) is 11.8 Å². The number of carbonyl (C=O) groups excluding carboxylic acids is 2. The summed E-state index contributed by atoms with van der Waals surface area (Å²) in [4.78, 5) is 23.1. The van der Waals surface area contributed by atoms with Crippen molar-refractivity contribution in [3.8, 4) is 0 Å². The van der Waals surface area contributed by atoms with E-state index in [1.807, 2.05) is 43.3 Å². The molecule has 0 aromatic heterocycles. The van der Waals surface area contributed by atoms with Crippen molar-refractivity contribution in [3.05, 3.63) is 65.7 Å². The van der Waals surface area contributed by atoms with E-state index in [2.05, 4.69) is 10.6 Å². The van der Waals surface area contributed by atoms with Crippen LogP contribution in [0.1, 0.15) is 18.1 Å². The Labute approximate surface area is 129 Å². The number of amides is 2. The first-order chi connectivity index (χ1) is 10.5. The summed E-state index contributed by atoms with van der Waals surface area (Å²) < 4.78 is 0. The maximum atomic E-state index is 11.9. The predicted molar refractivity (Wildman–Crippen MR) is 89.6 cm³/mol. The summed E-state index contributed by atoms with van der Waals surface area (Å²) in [6.45, 7) is 3.35. The zero-order valence-corrected chi connectivity index (χ0v) is 12.6. The lowest BCUT2D eigenvalue weighted by atomic mass is 10.1. The molecular formula is C18H18N2O2. The molecule has 0 aliphatic rings. The molecule has 2 amide bonds. The van der Waals surface area contributed by atoms with Crippen molar-refractivity contribution in [2.75, 3.05) is 10.6 Å². The lowest BCUT2D eigenvalue weighted by Gasteiger charge is -2.09. The summed E-state index contributed by atoms with van der Waals surface area (Å²) in [5.74, 6) is -0.364. The SMILES string of the molecule is CC(=O)Nc1cc(NC(=O)/C=C/c2ccccc2)ccc1C. The highest BCUT2D eigenvalue weighted by molar-refractivity contribution is 6.02. The highest BCUT2D eigenvalue weighted by Gasteiger charge is 2.04. The second kappa shape index (κ2) is 7.22. The number of hydrogen-bond donors (Lipinski definition) is 2. The molecule has 4 nitrogen and oxygen atoms in total. The molecule has 2 aromatic rings. The quantitative estimate of drug-likeness (QED) is 0.846. The molecule has 0 unspecified atom stereocenters. The molecule has 0 saturated heterocycles. The summed E-state index contributed by atoms with van der Waals surface area (Å²) in [6.07, 6.45) is 3.23. The average Bonchev–Trinajstić information content (AvgIpc) is 2.49. The fourth-order valence-electron chi connectivity index (χ4n) is 1.94. The number of benzene rings is 2. The second-order valence-electron chi connectivity index (χ2n) is 4.94.